The van der Waals surface area contributed by atoms with Crippen LogP contribution >= 0.6 is 0 Å². The lowest BCUT2D eigenvalue weighted by molar-refractivity contribution is -0.133. The van der Waals surface area contributed by atoms with Gasteiger partial charge in [0.05, 0.1) is 17.1 Å². The number of benzene rings is 2. The molecule has 0 spiro atoms. The average Bonchev–Trinajstić information content (AvgIpc) is 2.67. The Morgan fingerprint density at radius 2 is 1.37 bits per heavy atom. The first kappa shape index (κ1) is 21.1. The van der Waals surface area contributed by atoms with Crippen LogP contribution in [-0.4, -0.2) is 30.6 Å². The molecule has 0 radical (unpaired) electrons. The summed E-state index contributed by atoms with van der Waals surface area (Å²) in [5, 5.41) is 22.3. The third-order valence-electron chi connectivity index (χ3n) is 4.68. The number of aliphatic carboxylic acids is 2. The maximum atomic E-state index is 12.7. The third-order valence-corrected chi connectivity index (χ3v) is 5.93. The van der Waals surface area contributed by atoms with Crippen LogP contribution in [0.25, 0.3) is 0 Å². The van der Waals surface area contributed by atoms with Gasteiger partial charge in [0.2, 0.25) is 0 Å². The molecular weight excluding hydrogens is 410 g/mol. The molecule has 0 unspecified atom stereocenters. The monoisotopic (exact) mass is 429 g/mol. The van der Waals surface area contributed by atoms with Crippen LogP contribution in [0.5, 0.6) is 5.75 Å². The Bertz CT molecular complexity index is 1140. The maximum absolute atomic E-state index is 12.7. The molecule has 1 aliphatic heterocycles. The fourth-order valence-electron chi connectivity index (χ4n) is 3.42. The van der Waals surface area contributed by atoms with Crippen molar-refractivity contribution >= 4 is 22.1 Å². The first-order valence-electron chi connectivity index (χ1n) is 8.87. The van der Waals surface area contributed by atoms with Gasteiger partial charge in [-0.05, 0) is 32.0 Å². The lowest BCUT2D eigenvalue weighted by Crippen LogP contribution is -2.31. The summed E-state index contributed by atoms with van der Waals surface area (Å²) in [6.45, 7) is 3.03. The first-order chi connectivity index (χ1) is 14.1. The van der Waals surface area contributed by atoms with E-state index in [4.69, 9.17) is 4.18 Å². The van der Waals surface area contributed by atoms with Gasteiger partial charge in [-0.15, -0.1) is 0 Å². The minimum Gasteiger partial charge on any atom is -0.478 e. The smallest absolute Gasteiger partial charge is 0.339 e. The molecule has 0 fully saturated rings. The molecule has 3 rings (SSSR count). The van der Waals surface area contributed by atoms with Crippen LogP contribution in [0.3, 0.4) is 0 Å². The van der Waals surface area contributed by atoms with Crippen LogP contribution in [0.2, 0.25) is 0 Å². The zero-order valence-corrected chi connectivity index (χ0v) is 16.9. The fourth-order valence-corrected chi connectivity index (χ4v) is 4.40. The molecule has 156 valence electrons. The molecule has 0 amide bonds. The van der Waals surface area contributed by atoms with E-state index < -0.39 is 28.0 Å². The summed E-state index contributed by atoms with van der Waals surface area (Å²) < 4.78 is 30.7. The Labute approximate surface area is 173 Å². The Morgan fingerprint density at radius 3 is 1.90 bits per heavy atom. The zero-order valence-electron chi connectivity index (χ0n) is 16.1. The Kier molecular flexibility index (Phi) is 5.66. The molecule has 2 aromatic rings. The Hall–Kier alpha value is -3.59. The molecule has 3 N–H and O–H groups in total. The molecule has 0 aliphatic carbocycles. The molecule has 0 aromatic heterocycles. The number of carboxylic acid groups (broad SMARTS) is 2. The van der Waals surface area contributed by atoms with Crippen LogP contribution in [0.1, 0.15) is 25.3 Å². The van der Waals surface area contributed by atoms with Crippen molar-refractivity contribution in [1.29, 1.82) is 0 Å². The highest BCUT2D eigenvalue weighted by molar-refractivity contribution is 7.87. The Morgan fingerprint density at radius 1 is 0.867 bits per heavy atom. The van der Waals surface area contributed by atoms with E-state index in [1.54, 1.807) is 12.1 Å². The van der Waals surface area contributed by atoms with Gasteiger partial charge in [0.1, 0.15) is 10.6 Å². The number of carbonyl (C=O) groups is 2. The van der Waals surface area contributed by atoms with Crippen molar-refractivity contribution in [1.82, 2.24) is 5.32 Å². The molecule has 0 saturated carbocycles. The fraction of sp³-hybridized carbons (Fsp3) is 0.143. The van der Waals surface area contributed by atoms with Gasteiger partial charge in [0.15, 0.2) is 0 Å². The number of rotatable bonds is 6. The van der Waals surface area contributed by atoms with Crippen molar-refractivity contribution in [3.05, 3.63) is 82.7 Å². The third kappa shape index (κ3) is 3.92. The average molecular weight is 429 g/mol. The van der Waals surface area contributed by atoms with Gasteiger partial charge in [-0.1, -0.05) is 36.4 Å². The van der Waals surface area contributed by atoms with Crippen LogP contribution < -0.4 is 9.50 Å². The summed E-state index contributed by atoms with van der Waals surface area (Å²) in [5.74, 6) is -4.02. The van der Waals surface area contributed by atoms with E-state index in [1.807, 2.05) is 0 Å². The number of allylic oxidation sites excluding steroid dienone is 2. The van der Waals surface area contributed by atoms with E-state index in [9.17, 15) is 28.2 Å². The second-order valence-corrected chi connectivity index (χ2v) is 8.18. The molecule has 0 bridgehead atoms. The van der Waals surface area contributed by atoms with Gasteiger partial charge in [-0.25, -0.2) is 9.59 Å². The minimum atomic E-state index is -4.22. The van der Waals surface area contributed by atoms with E-state index >= 15 is 0 Å². The maximum Gasteiger partial charge on any atom is 0.339 e. The van der Waals surface area contributed by atoms with Crippen molar-refractivity contribution in [2.75, 3.05) is 0 Å². The zero-order chi connectivity index (χ0) is 22.1. The van der Waals surface area contributed by atoms with Gasteiger partial charge >= 0.3 is 22.1 Å². The number of hydrogen-bond donors (Lipinski definition) is 3. The quantitative estimate of drug-likeness (QED) is 0.598. The van der Waals surface area contributed by atoms with Crippen LogP contribution in [0, 0.1) is 0 Å². The van der Waals surface area contributed by atoms with Crippen molar-refractivity contribution in [2.45, 2.75) is 24.7 Å². The highest BCUT2D eigenvalue weighted by Gasteiger charge is 2.38. The van der Waals surface area contributed by atoms with Gasteiger partial charge in [0.25, 0.3) is 0 Å². The highest BCUT2D eigenvalue weighted by Crippen LogP contribution is 2.42. The minimum absolute atomic E-state index is 0.0829. The number of dihydropyridines is 1. The molecule has 1 aliphatic rings. The molecular formula is C21H19NO7S. The van der Waals surface area contributed by atoms with Gasteiger partial charge < -0.3 is 19.7 Å². The second kappa shape index (κ2) is 8.03. The van der Waals surface area contributed by atoms with E-state index in [-0.39, 0.29) is 38.7 Å². The molecule has 2 aromatic carbocycles. The van der Waals surface area contributed by atoms with Gasteiger partial charge in [0, 0.05) is 17.0 Å². The summed E-state index contributed by atoms with van der Waals surface area (Å²) in [5.41, 5.74) is 0.232. The number of nitrogens with one attached hydrogen (secondary N) is 1. The van der Waals surface area contributed by atoms with Gasteiger partial charge in [-0.2, -0.15) is 8.42 Å². The lowest BCUT2D eigenvalue weighted by atomic mass is 9.80. The van der Waals surface area contributed by atoms with Crippen molar-refractivity contribution < 1.29 is 32.4 Å². The number of carboxylic acids is 2. The van der Waals surface area contributed by atoms with E-state index in [0.717, 1.165) is 0 Å². The molecule has 30 heavy (non-hydrogen) atoms. The predicted molar refractivity (Wildman–Crippen MR) is 107 cm³/mol. The molecule has 1 heterocycles. The predicted octanol–water partition coefficient (Wildman–Crippen LogP) is 2.86. The molecule has 0 saturated heterocycles. The van der Waals surface area contributed by atoms with Crippen molar-refractivity contribution in [3.8, 4) is 5.75 Å². The van der Waals surface area contributed by atoms with Crippen LogP contribution in [-0.2, 0) is 19.7 Å². The standard InChI is InChI=1S/C21H19NO7S/c1-12-17(20(23)24)19(18(21(25)26)13(2)22-12)15-10-6-7-11-16(15)29-30(27,28)14-8-4-3-5-9-14/h3-11,19,22H,1-2H3,(H,23,24)(H,25,26). The molecule has 9 heteroatoms. The molecule has 0 atom stereocenters. The lowest BCUT2D eigenvalue weighted by Gasteiger charge is -2.29. The van der Waals surface area contributed by atoms with Gasteiger partial charge in [-0.3, -0.25) is 0 Å². The first-order valence-corrected chi connectivity index (χ1v) is 10.3. The van der Waals surface area contributed by atoms with E-state index in [2.05, 4.69) is 5.32 Å². The largest absolute Gasteiger partial charge is 0.478 e. The summed E-state index contributed by atoms with van der Waals surface area (Å²) in [4.78, 5) is 23.9. The summed E-state index contributed by atoms with van der Waals surface area (Å²) >= 11 is 0. The number of para-hydroxylation sites is 1. The van der Waals surface area contributed by atoms with Crippen LogP contribution in [0.15, 0.2) is 82.0 Å². The summed E-state index contributed by atoms with van der Waals surface area (Å²) in [6, 6.07) is 13.4. The van der Waals surface area contributed by atoms with Crippen molar-refractivity contribution in [3.63, 3.8) is 0 Å². The Balaban J connectivity index is 2.18. The summed E-state index contributed by atoms with van der Waals surface area (Å²) in [6.07, 6.45) is 0. The van der Waals surface area contributed by atoms with Crippen LogP contribution in [0.4, 0.5) is 0 Å². The SMILES string of the molecule is CC1=C(C(=O)O)C(c2ccccc2OS(=O)(=O)c2ccccc2)C(C(=O)O)=C(C)N1. The second-order valence-electron chi connectivity index (χ2n) is 6.63. The van der Waals surface area contributed by atoms with E-state index in [1.165, 1.54) is 56.3 Å². The normalized spacial score (nSPS) is 15.0. The number of hydrogen-bond acceptors (Lipinski definition) is 6. The van der Waals surface area contributed by atoms with E-state index in [0.29, 0.717) is 0 Å². The molecule has 8 nitrogen and oxygen atoms in total. The summed E-state index contributed by atoms with van der Waals surface area (Å²) in [7, 11) is -4.22. The highest BCUT2D eigenvalue weighted by atomic mass is 32.2. The van der Waals surface area contributed by atoms with Crippen molar-refractivity contribution in [2.24, 2.45) is 0 Å². The topological polar surface area (TPSA) is 130 Å².